The second-order valence-corrected chi connectivity index (χ2v) is 8.38. The molecular weight excluding hydrogens is 434 g/mol. The summed E-state index contributed by atoms with van der Waals surface area (Å²) in [5.41, 5.74) is 7.32. The lowest BCUT2D eigenvalue weighted by Gasteiger charge is -2.05. The first-order valence-corrected chi connectivity index (χ1v) is 10.2. The van der Waals surface area contributed by atoms with E-state index in [0.29, 0.717) is 20.6 Å². The molecule has 0 aliphatic carbocycles. The van der Waals surface area contributed by atoms with Gasteiger partial charge in [-0.25, -0.2) is 4.98 Å². The van der Waals surface area contributed by atoms with E-state index in [0.717, 1.165) is 10.0 Å². The second-order valence-electron chi connectivity index (χ2n) is 5.24. The number of nitrogens with one attached hydrogen (secondary N) is 1. The first-order chi connectivity index (χ1) is 12.5. The molecule has 0 spiro atoms. The molecule has 0 fully saturated rings. The second kappa shape index (κ2) is 8.48. The number of amides is 2. The molecule has 5 nitrogen and oxygen atoms in total. The van der Waals surface area contributed by atoms with Crippen molar-refractivity contribution in [1.29, 1.82) is 0 Å². The molecule has 8 heteroatoms. The standard InChI is InChI=1S/C18H14BrN3O2S2/c19-13-8-6-12(7-9-13)16(24)22-17-15(11-4-2-1-3-5-11)21-18(26-17)25-10-14(20)23/h1-9H,10H2,(H2,20,23)(H,22,24). The molecule has 2 amide bonds. The number of primary amides is 1. The minimum Gasteiger partial charge on any atom is -0.369 e. The Kier molecular flexibility index (Phi) is 6.08. The average molecular weight is 448 g/mol. The van der Waals surface area contributed by atoms with Crippen molar-refractivity contribution in [3.05, 3.63) is 64.6 Å². The normalized spacial score (nSPS) is 10.5. The fourth-order valence-electron chi connectivity index (χ4n) is 2.15. The maximum absolute atomic E-state index is 12.6. The van der Waals surface area contributed by atoms with Crippen molar-refractivity contribution in [2.24, 2.45) is 5.73 Å². The molecule has 0 saturated heterocycles. The van der Waals surface area contributed by atoms with Crippen molar-refractivity contribution in [3.8, 4) is 11.3 Å². The third kappa shape index (κ3) is 4.72. The quantitative estimate of drug-likeness (QED) is 0.548. The van der Waals surface area contributed by atoms with Gasteiger partial charge in [0, 0.05) is 15.6 Å². The van der Waals surface area contributed by atoms with E-state index < -0.39 is 5.91 Å². The maximum Gasteiger partial charge on any atom is 0.256 e. The van der Waals surface area contributed by atoms with E-state index in [-0.39, 0.29) is 11.7 Å². The molecule has 0 bridgehead atoms. The third-order valence-corrected chi connectivity index (χ3v) is 5.99. The number of benzene rings is 2. The molecule has 3 N–H and O–H groups in total. The first kappa shape index (κ1) is 18.6. The summed E-state index contributed by atoms with van der Waals surface area (Å²) in [7, 11) is 0. The number of thioether (sulfide) groups is 1. The van der Waals surface area contributed by atoms with Crippen LogP contribution in [-0.2, 0) is 4.79 Å². The Balaban J connectivity index is 1.89. The number of halogens is 1. The monoisotopic (exact) mass is 447 g/mol. The van der Waals surface area contributed by atoms with E-state index in [1.807, 2.05) is 42.5 Å². The molecule has 0 atom stereocenters. The van der Waals surface area contributed by atoms with Crippen LogP contribution in [0.4, 0.5) is 5.00 Å². The summed E-state index contributed by atoms with van der Waals surface area (Å²) >= 11 is 5.94. The van der Waals surface area contributed by atoms with E-state index in [9.17, 15) is 9.59 Å². The molecule has 0 aliphatic rings. The Morgan fingerprint density at radius 2 is 1.81 bits per heavy atom. The van der Waals surface area contributed by atoms with Crippen molar-refractivity contribution in [1.82, 2.24) is 4.98 Å². The number of nitrogens with zero attached hydrogens (tertiary/aromatic N) is 1. The fourth-order valence-corrected chi connectivity index (χ4v) is 4.21. The summed E-state index contributed by atoms with van der Waals surface area (Å²) in [5, 5.41) is 3.56. The largest absolute Gasteiger partial charge is 0.369 e. The molecule has 0 aliphatic heterocycles. The summed E-state index contributed by atoms with van der Waals surface area (Å²) in [6, 6.07) is 16.7. The van der Waals surface area contributed by atoms with Crippen LogP contribution < -0.4 is 11.1 Å². The smallest absolute Gasteiger partial charge is 0.256 e. The molecule has 1 heterocycles. The molecule has 0 radical (unpaired) electrons. The molecular formula is C18H14BrN3O2S2. The number of rotatable bonds is 6. The van der Waals surface area contributed by atoms with Crippen LogP contribution in [0.25, 0.3) is 11.3 Å². The van der Waals surface area contributed by atoms with Crippen molar-refractivity contribution >= 4 is 55.8 Å². The highest BCUT2D eigenvalue weighted by Gasteiger charge is 2.17. The van der Waals surface area contributed by atoms with Crippen LogP contribution in [0, 0.1) is 0 Å². The summed E-state index contributed by atoms with van der Waals surface area (Å²) in [4.78, 5) is 28.1. The Labute approximate surface area is 167 Å². The molecule has 26 heavy (non-hydrogen) atoms. The van der Waals surface area contributed by atoms with Gasteiger partial charge < -0.3 is 11.1 Å². The number of carbonyl (C=O) groups excluding carboxylic acids is 2. The number of anilines is 1. The van der Waals surface area contributed by atoms with Crippen LogP contribution in [0.15, 0.2) is 63.4 Å². The van der Waals surface area contributed by atoms with Crippen LogP contribution in [0.5, 0.6) is 0 Å². The highest BCUT2D eigenvalue weighted by atomic mass is 79.9. The molecule has 0 saturated carbocycles. The van der Waals surface area contributed by atoms with Gasteiger partial charge in [-0.3, -0.25) is 9.59 Å². The van der Waals surface area contributed by atoms with Gasteiger partial charge in [0.2, 0.25) is 5.91 Å². The Bertz CT molecular complexity index is 927. The van der Waals surface area contributed by atoms with Gasteiger partial charge in [-0.1, -0.05) is 69.4 Å². The minimum atomic E-state index is -0.410. The number of aromatic nitrogens is 1. The van der Waals surface area contributed by atoms with Gasteiger partial charge >= 0.3 is 0 Å². The van der Waals surface area contributed by atoms with Gasteiger partial charge in [0.1, 0.15) is 10.7 Å². The van der Waals surface area contributed by atoms with Crippen LogP contribution in [0.3, 0.4) is 0 Å². The van der Waals surface area contributed by atoms with Crippen LogP contribution in [0.1, 0.15) is 10.4 Å². The van der Waals surface area contributed by atoms with Crippen molar-refractivity contribution in [2.45, 2.75) is 4.34 Å². The maximum atomic E-state index is 12.6. The van der Waals surface area contributed by atoms with Gasteiger partial charge in [0.05, 0.1) is 5.75 Å². The van der Waals surface area contributed by atoms with Gasteiger partial charge in [0.25, 0.3) is 5.91 Å². The lowest BCUT2D eigenvalue weighted by molar-refractivity contribution is -0.115. The highest BCUT2D eigenvalue weighted by molar-refractivity contribution is 9.10. The number of nitrogens with two attached hydrogens (primary N) is 1. The Morgan fingerprint density at radius 3 is 2.46 bits per heavy atom. The molecule has 132 valence electrons. The summed E-state index contributed by atoms with van der Waals surface area (Å²) < 4.78 is 1.58. The molecule has 3 rings (SSSR count). The summed E-state index contributed by atoms with van der Waals surface area (Å²) in [6.07, 6.45) is 0. The zero-order chi connectivity index (χ0) is 18.5. The molecule has 2 aromatic carbocycles. The Morgan fingerprint density at radius 1 is 1.12 bits per heavy atom. The van der Waals surface area contributed by atoms with Crippen molar-refractivity contribution in [2.75, 3.05) is 11.1 Å². The van der Waals surface area contributed by atoms with E-state index in [1.165, 1.54) is 23.1 Å². The number of hydrogen-bond acceptors (Lipinski definition) is 5. The minimum absolute atomic E-state index is 0.141. The van der Waals surface area contributed by atoms with Crippen LogP contribution in [0.2, 0.25) is 0 Å². The van der Waals surface area contributed by atoms with Crippen molar-refractivity contribution in [3.63, 3.8) is 0 Å². The lowest BCUT2D eigenvalue weighted by atomic mass is 10.1. The van der Waals surface area contributed by atoms with E-state index >= 15 is 0 Å². The van der Waals surface area contributed by atoms with Gasteiger partial charge in [0.15, 0.2) is 4.34 Å². The topological polar surface area (TPSA) is 85.1 Å². The fraction of sp³-hybridized carbons (Fsp3) is 0.0556. The third-order valence-electron chi connectivity index (χ3n) is 3.33. The predicted octanol–water partition coefficient (Wildman–Crippen LogP) is 4.40. The van der Waals surface area contributed by atoms with Crippen LogP contribution in [-0.4, -0.2) is 22.6 Å². The lowest BCUT2D eigenvalue weighted by Crippen LogP contribution is -2.12. The average Bonchev–Trinajstić information content (AvgIpc) is 3.04. The molecule has 3 aromatic rings. The van der Waals surface area contributed by atoms with Crippen LogP contribution >= 0.6 is 39.0 Å². The van der Waals surface area contributed by atoms with Gasteiger partial charge in [-0.05, 0) is 24.3 Å². The Hall–Kier alpha value is -2.16. The zero-order valence-electron chi connectivity index (χ0n) is 13.4. The number of hydrogen-bond donors (Lipinski definition) is 2. The molecule has 1 aromatic heterocycles. The van der Waals surface area contributed by atoms with Crippen molar-refractivity contribution < 1.29 is 9.59 Å². The van der Waals surface area contributed by atoms with E-state index in [1.54, 1.807) is 12.1 Å². The number of carbonyl (C=O) groups is 2. The summed E-state index contributed by atoms with van der Waals surface area (Å²) in [5.74, 6) is -0.487. The van der Waals surface area contributed by atoms with Gasteiger partial charge in [-0.2, -0.15) is 0 Å². The SMILES string of the molecule is NC(=O)CSc1nc(-c2ccccc2)c(NC(=O)c2ccc(Br)cc2)s1. The predicted molar refractivity (Wildman–Crippen MR) is 110 cm³/mol. The first-order valence-electron chi connectivity index (χ1n) is 7.57. The number of thiazole rings is 1. The highest BCUT2D eigenvalue weighted by Crippen LogP contribution is 2.37. The van der Waals surface area contributed by atoms with E-state index in [4.69, 9.17) is 5.73 Å². The zero-order valence-corrected chi connectivity index (χ0v) is 16.7. The summed E-state index contributed by atoms with van der Waals surface area (Å²) in [6.45, 7) is 0. The molecule has 0 unspecified atom stereocenters. The van der Waals surface area contributed by atoms with E-state index in [2.05, 4.69) is 26.2 Å². The van der Waals surface area contributed by atoms with Gasteiger partial charge in [-0.15, -0.1) is 0 Å².